The van der Waals surface area contributed by atoms with Crippen molar-refractivity contribution in [2.45, 2.75) is 50.3 Å². The molecule has 0 spiro atoms. The molecule has 8 heteroatoms. The van der Waals surface area contributed by atoms with E-state index in [9.17, 15) is 8.42 Å². The molecule has 2 aromatic heterocycles. The van der Waals surface area contributed by atoms with Gasteiger partial charge in [-0.1, -0.05) is 0 Å². The van der Waals surface area contributed by atoms with E-state index in [0.717, 1.165) is 48.5 Å². The van der Waals surface area contributed by atoms with Crippen molar-refractivity contribution in [1.29, 1.82) is 0 Å². The Morgan fingerprint density at radius 3 is 2.78 bits per heavy atom. The van der Waals surface area contributed by atoms with Gasteiger partial charge >= 0.3 is 0 Å². The molecule has 1 saturated heterocycles. The van der Waals surface area contributed by atoms with Crippen LogP contribution < -0.4 is 5.32 Å². The average Bonchev–Trinajstić information content (AvgIpc) is 3.26. The lowest BCUT2D eigenvalue weighted by molar-refractivity contribution is 0.273. The average molecular weight is 392 g/mol. The second-order valence-corrected chi connectivity index (χ2v) is 10.6. The number of anilines is 1. The van der Waals surface area contributed by atoms with Gasteiger partial charge in [-0.25, -0.2) is 18.4 Å². The fourth-order valence-electron chi connectivity index (χ4n) is 4.39. The number of nitrogens with zero attached hydrogens (tertiary/aromatic N) is 3. The second-order valence-electron chi connectivity index (χ2n) is 8.28. The molecule has 2 aromatic rings. The van der Waals surface area contributed by atoms with E-state index >= 15 is 0 Å². The van der Waals surface area contributed by atoms with E-state index < -0.39 is 9.84 Å². The van der Waals surface area contributed by atoms with E-state index in [0.29, 0.717) is 18.3 Å². The highest BCUT2D eigenvalue weighted by Gasteiger charge is 2.40. The number of H-pyrrole nitrogens is 1. The minimum absolute atomic E-state index is 0.193. The first-order chi connectivity index (χ1) is 12.9. The van der Waals surface area contributed by atoms with Crippen molar-refractivity contribution < 1.29 is 8.42 Å². The Labute approximate surface area is 160 Å². The molecule has 0 aromatic carbocycles. The van der Waals surface area contributed by atoms with Gasteiger partial charge in [-0.3, -0.25) is 4.90 Å². The fraction of sp³-hybridized carbons (Fsp3) is 0.684. The Morgan fingerprint density at radius 1 is 1.33 bits per heavy atom. The molecule has 3 heterocycles. The summed E-state index contributed by atoms with van der Waals surface area (Å²) >= 11 is 0. The van der Waals surface area contributed by atoms with Crippen LogP contribution in [0.15, 0.2) is 12.3 Å². The lowest BCUT2D eigenvalue weighted by Gasteiger charge is -2.34. The van der Waals surface area contributed by atoms with Crippen LogP contribution in [0.4, 0.5) is 5.82 Å². The number of aromatic amines is 1. The maximum atomic E-state index is 12.8. The number of likely N-dealkylation sites (tertiary alicyclic amines) is 1. The van der Waals surface area contributed by atoms with Crippen LogP contribution in [0.1, 0.15) is 44.9 Å². The third-order valence-electron chi connectivity index (χ3n) is 6.15. The van der Waals surface area contributed by atoms with Crippen LogP contribution >= 0.6 is 0 Å². The molecule has 1 unspecified atom stereocenters. The zero-order valence-corrected chi connectivity index (χ0v) is 17.1. The lowest BCUT2D eigenvalue weighted by Crippen LogP contribution is -2.36. The highest BCUT2D eigenvalue weighted by atomic mass is 32.2. The maximum Gasteiger partial charge on any atom is 0.154 e. The second kappa shape index (κ2) is 7.05. The Hall–Kier alpha value is -1.67. The van der Waals surface area contributed by atoms with Gasteiger partial charge in [0, 0.05) is 31.7 Å². The zero-order valence-electron chi connectivity index (χ0n) is 16.3. The summed E-state index contributed by atoms with van der Waals surface area (Å²) in [7, 11) is -1.17. The summed E-state index contributed by atoms with van der Waals surface area (Å²) in [6.07, 6.45) is 4.35. The van der Waals surface area contributed by atoms with E-state index in [-0.39, 0.29) is 17.1 Å². The minimum atomic E-state index is -3.03. The molecule has 7 nitrogen and oxygen atoms in total. The molecular formula is C19H29N5O2S. The van der Waals surface area contributed by atoms with Crippen LogP contribution in [-0.2, 0) is 9.84 Å². The molecular weight excluding hydrogens is 362 g/mol. The number of fused-ring (bicyclic) bond motifs is 1. The van der Waals surface area contributed by atoms with Crippen molar-refractivity contribution in [3.63, 3.8) is 0 Å². The van der Waals surface area contributed by atoms with Gasteiger partial charge in [-0.05, 0) is 51.6 Å². The van der Waals surface area contributed by atoms with Crippen molar-refractivity contribution in [3.05, 3.63) is 18.1 Å². The molecule has 1 aliphatic heterocycles. The summed E-state index contributed by atoms with van der Waals surface area (Å²) in [6.45, 7) is 5.85. The van der Waals surface area contributed by atoms with E-state index in [1.54, 1.807) is 0 Å². The van der Waals surface area contributed by atoms with E-state index in [4.69, 9.17) is 0 Å². The van der Waals surface area contributed by atoms with Crippen molar-refractivity contribution in [2.75, 3.05) is 31.2 Å². The summed E-state index contributed by atoms with van der Waals surface area (Å²) in [5, 5.41) is 3.92. The van der Waals surface area contributed by atoms with Gasteiger partial charge in [0.1, 0.15) is 17.3 Å². The number of hydrogen-bond donors (Lipinski definition) is 2. The first-order valence-corrected chi connectivity index (χ1v) is 11.6. The predicted molar refractivity (Wildman–Crippen MR) is 108 cm³/mol. The summed E-state index contributed by atoms with van der Waals surface area (Å²) < 4.78 is 25.6. The van der Waals surface area contributed by atoms with Crippen LogP contribution in [-0.4, -0.2) is 65.5 Å². The Balaban J connectivity index is 1.38. The van der Waals surface area contributed by atoms with Crippen LogP contribution in [0.2, 0.25) is 0 Å². The molecule has 2 aliphatic rings. The molecule has 27 heavy (non-hydrogen) atoms. The van der Waals surface area contributed by atoms with Crippen molar-refractivity contribution in [3.8, 4) is 0 Å². The molecule has 0 radical (unpaired) electrons. The maximum absolute atomic E-state index is 12.8. The van der Waals surface area contributed by atoms with Gasteiger partial charge in [0.25, 0.3) is 0 Å². The van der Waals surface area contributed by atoms with Crippen LogP contribution in [0.3, 0.4) is 0 Å². The summed E-state index contributed by atoms with van der Waals surface area (Å²) in [5.41, 5.74) is 0.833. The third kappa shape index (κ3) is 3.57. The molecule has 148 valence electrons. The van der Waals surface area contributed by atoms with E-state index in [1.807, 2.05) is 19.3 Å². The van der Waals surface area contributed by atoms with Gasteiger partial charge in [0.05, 0.1) is 16.4 Å². The van der Waals surface area contributed by atoms with Crippen molar-refractivity contribution in [1.82, 2.24) is 19.9 Å². The third-order valence-corrected chi connectivity index (χ3v) is 8.49. The predicted octanol–water partition coefficient (Wildman–Crippen LogP) is 2.39. The Morgan fingerprint density at radius 2 is 2.11 bits per heavy atom. The number of aromatic nitrogens is 3. The zero-order chi connectivity index (χ0) is 19.2. The highest BCUT2D eigenvalue weighted by molar-refractivity contribution is 7.92. The van der Waals surface area contributed by atoms with Gasteiger partial charge in [-0.2, -0.15) is 0 Å². The number of nitrogens with one attached hydrogen (secondary N) is 2. The number of hydrogen-bond acceptors (Lipinski definition) is 6. The molecule has 0 amide bonds. The number of sulfone groups is 1. The van der Waals surface area contributed by atoms with Crippen LogP contribution in [0, 0.1) is 5.92 Å². The molecule has 1 atom stereocenters. The molecule has 2 fully saturated rings. The highest BCUT2D eigenvalue weighted by Crippen LogP contribution is 2.42. The fourth-order valence-corrected chi connectivity index (χ4v) is 6.48. The molecule has 1 saturated carbocycles. The van der Waals surface area contributed by atoms with Crippen molar-refractivity contribution >= 4 is 26.7 Å². The summed E-state index contributed by atoms with van der Waals surface area (Å²) in [6, 6.07) is 2.38. The van der Waals surface area contributed by atoms with E-state index in [1.165, 1.54) is 0 Å². The number of rotatable bonds is 6. The Kier molecular flexibility index (Phi) is 4.88. The largest absolute Gasteiger partial charge is 0.372 e. The normalized spacial score (nSPS) is 26.6. The molecule has 2 N–H and O–H groups in total. The monoisotopic (exact) mass is 391 g/mol. The van der Waals surface area contributed by atoms with Crippen LogP contribution in [0.5, 0.6) is 0 Å². The van der Waals surface area contributed by atoms with Gasteiger partial charge in [0.2, 0.25) is 0 Å². The Bertz CT molecular complexity index is 917. The smallest absolute Gasteiger partial charge is 0.154 e. The van der Waals surface area contributed by atoms with Gasteiger partial charge in [-0.15, -0.1) is 0 Å². The molecule has 0 bridgehead atoms. The van der Waals surface area contributed by atoms with Crippen LogP contribution in [0.25, 0.3) is 11.0 Å². The lowest BCUT2D eigenvalue weighted by atomic mass is 9.75. The minimum Gasteiger partial charge on any atom is -0.372 e. The standard InChI is InChI=1S/C19H29N5O2S/c1-12(2)24-7-5-15(10-24)27(25,26)11-13-8-14(9-13)17-22-18(20-3)16-4-6-21-19(16)23-17/h4,6,12-15H,5,7-11H2,1-3H3,(H2,20,21,22,23)/t13-,14+,15?. The van der Waals surface area contributed by atoms with Gasteiger partial charge in [0.15, 0.2) is 9.84 Å². The first-order valence-electron chi connectivity index (χ1n) is 9.85. The quantitative estimate of drug-likeness (QED) is 0.786. The summed E-state index contributed by atoms with van der Waals surface area (Å²) in [5.74, 6) is 2.43. The first kappa shape index (κ1) is 18.7. The topological polar surface area (TPSA) is 91.0 Å². The SMILES string of the molecule is CNc1nc([C@H]2C[C@@H](CS(=O)(=O)C3CCN(C(C)C)C3)C2)nc2[nH]ccc12. The van der Waals surface area contributed by atoms with Crippen molar-refractivity contribution in [2.24, 2.45) is 5.92 Å². The molecule has 1 aliphatic carbocycles. The van der Waals surface area contributed by atoms with Gasteiger partial charge < -0.3 is 10.3 Å². The molecule has 4 rings (SSSR count). The van der Waals surface area contributed by atoms with E-state index in [2.05, 4.69) is 39.0 Å². The summed E-state index contributed by atoms with van der Waals surface area (Å²) in [4.78, 5) is 14.7.